The van der Waals surface area contributed by atoms with Crippen molar-refractivity contribution >= 4 is 27.6 Å². The molecule has 0 unspecified atom stereocenters. The van der Waals surface area contributed by atoms with Crippen LogP contribution in [0.5, 0.6) is 0 Å². The molecule has 9 heteroatoms. The van der Waals surface area contributed by atoms with E-state index in [0.29, 0.717) is 25.8 Å². The quantitative estimate of drug-likeness (QED) is 0.524. The van der Waals surface area contributed by atoms with Gasteiger partial charge in [0, 0.05) is 18.7 Å². The largest absolute Gasteiger partial charge is 0.444 e. The van der Waals surface area contributed by atoms with Crippen molar-refractivity contribution in [2.75, 3.05) is 18.6 Å². The molecule has 0 aromatic rings. The monoisotopic (exact) mass is 418 g/mol. The summed E-state index contributed by atoms with van der Waals surface area (Å²) < 4.78 is 28.1. The predicted molar refractivity (Wildman–Crippen MR) is 107 cm³/mol. The molecule has 2 N–H and O–H groups in total. The lowest BCUT2D eigenvalue weighted by molar-refractivity contribution is -0.129. The number of alkyl carbamates (subject to hydrolysis) is 1. The molecule has 162 valence electrons. The number of nitrogens with one attached hydrogen (secondary N) is 2. The van der Waals surface area contributed by atoms with E-state index in [-0.39, 0.29) is 11.8 Å². The van der Waals surface area contributed by atoms with Gasteiger partial charge in [0.15, 0.2) is 15.6 Å². The Morgan fingerprint density at radius 3 is 2.25 bits per heavy atom. The SMILES string of the molecule is CC(C)(C)OC(=O)NCCCC[C@H](NC(=O)C1CCCC1)C(=O)CS(C)(=O)=O. The molecule has 0 bridgehead atoms. The summed E-state index contributed by atoms with van der Waals surface area (Å²) in [5.41, 5.74) is -0.572. The summed E-state index contributed by atoms with van der Waals surface area (Å²) in [6.07, 6.45) is 5.58. The normalized spacial score (nSPS) is 16.4. The van der Waals surface area contributed by atoms with Gasteiger partial charge in [-0.2, -0.15) is 0 Å². The van der Waals surface area contributed by atoms with Crippen molar-refractivity contribution in [3.63, 3.8) is 0 Å². The number of hydrogen-bond acceptors (Lipinski definition) is 6. The van der Waals surface area contributed by atoms with Crippen molar-refractivity contribution in [1.29, 1.82) is 0 Å². The zero-order valence-corrected chi connectivity index (χ0v) is 18.2. The molecule has 1 atom stereocenters. The van der Waals surface area contributed by atoms with E-state index in [0.717, 1.165) is 31.9 Å². The first-order valence-corrected chi connectivity index (χ1v) is 11.9. The van der Waals surface area contributed by atoms with Gasteiger partial charge in [-0.1, -0.05) is 12.8 Å². The first-order chi connectivity index (χ1) is 12.9. The fourth-order valence-electron chi connectivity index (χ4n) is 3.13. The Morgan fingerprint density at radius 2 is 1.71 bits per heavy atom. The van der Waals surface area contributed by atoms with Gasteiger partial charge < -0.3 is 15.4 Å². The molecule has 8 nitrogen and oxygen atoms in total. The molecule has 1 aliphatic carbocycles. The van der Waals surface area contributed by atoms with Crippen LogP contribution in [0.15, 0.2) is 0 Å². The molecule has 1 fully saturated rings. The molecular formula is C19H34N2O6S. The highest BCUT2D eigenvalue weighted by atomic mass is 32.2. The van der Waals surface area contributed by atoms with Gasteiger partial charge in [-0.3, -0.25) is 9.59 Å². The number of carbonyl (C=O) groups is 3. The summed E-state index contributed by atoms with van der Waals surface area (Å²) in [4.78, 5) is 36.3. The zero-order valence-electron chi connectivity index (χ0n) is 17.4. The molecule has 0 aliphatic heterocycles. The second-order valence-electron chi connectivity index (χ2n) is 8.50. The van der Waals surface area contributed by atoms with Gasteiger partial charge in [0.1, 0.15) is 11.4 Å². The molecule has 1 rings (SSSR count). The molecule has 0 saturated heterocycles. The van der Waals surface area contributed by atoms with Crippen LogP contribution in [0.1, 0.15) is 65.7 Å². The molecule has 0 aromatic heterocycles. The van der Waals surface area contributed by atoms with E-state index in [1.54, 1.807) is 20.8 Å². The number of carbonyl (C=O) groups excluding carboxylic acids is 3. The highest BCUT2D eigenvalue weighted by Gasteiger charge is 2.28. The van der Waals surface area contributed by atoms with Gasteiger partial charge in [-0.25, -0.2) is 13.2 Å². The minimum Gasteiger partial charge on any atom is -0.444 e. The fourth-order valence-corrected chi connectivity index (χ4v) is 3.85. The van der Waals surface area contributed by atoms with Gasteiger partial charge in [0.05, 0.1) is 6.04 Å². The standard InChI is InChI=1S/C19H34N2O6S/c1-19(2,3)27-18(24)20-12-8-7-11-15(16(22)13-28(4,25)26)21-17(23)14-9-5-6-10-14/h14-15H,5-13H2,1-4H3,(H,20,24)(H,21,23)/t15-/m0/s1. The average Bonchev–Trinajstić information content (AvgIpc) is 3.04. The maximum atomic E-state index is 12.4. The van der Waals surface area contributed by atoms with Crippen LogP contribution in [0, 0.1) is 5.92 Å². The number of amides is 2. The van der Waals surface area contributed by atoms with Crippen molar-refractivity contribution in [3.8, 4) is 0 Å². The van der Waals surface area contributed by atoms with Crippen molar-refractivity contribution in [3.05, 3.63) is 0 Å². The summed E-state index contributed by atoms with van der Waals surface area (Å²) >= 11 is 0. The number of sulfone groups is 1. The van der Waals surface area contributed by atoms with Crippen LogP contribution in [0.25, 0.3) is 0 Å². The highest BCUT2D eigenvalue weighted by molar-refractivity contribution is 7.91. The van der Waals surface area contributed by atoms with Crippen LogP contribution in [-0.4, -0.2) is 56.4 Å². The van der Waals surface area contributed by atoms with Gasteiger partial charge >= 0.3 is 6.09 Å². The van der Waals surface area contributed by atoms with Crippen LogP contribution in [0.4, 0.5) is 4.79 Å². The Kier molecular flexibility index (Phi) is 9.39. The van der Waals surface area contributed by atoms with Gasteiger partial charge in [-0.15, -0.1) is 0 Å². The molecule has 1 saturated carbocycles. The number of rotatable bonds is 10. The lowest BCUT2D eigenvalue weighted by Crippen LogP contribution is -2.45. The minimum atomic E-state index is -3.46. The first kappa shape index (κ1) is 24.4. The van der Waals surface area contributed by atoms with Crippen LogP contribution >= 0.6 is 0 Å². The number of Topliss-reactive ketones (excluding diaryl/α,β-unsaturated/α-hetero) is 1. The van der Waals surface area contributed by atoms with E-state index in [9.17, 15) is 22.8 Å². The Bertz CT molecular complexity index is 648. The van der Waals surface area contributed by atoms with E-state index in [1.165, 1.54) is 0 Å². The van der Waals surface area contributed by atoms with E-state index < -0.39 is 39.1 Å². The van der Waals surface area contributed by atoms with Crippen LogP contribution in [-0.2, 0) is 24.2 Å². The predicted octanol–water partition coefficient (Wildman–Crippen LogP) is 1.97. The van der Waals surface area contributed by atoms with E-state index in [2.05, 4.69) is 10.6 Å². The van der Waals surface area contributed by atoms with Crippen molar-refractivity contribution in [1.82, 2.24) is 10.6 Å². The van der Waals surface area contributed by atoms with E-state index in [1.807, 2.05) is 0 Å². The van der Waals surface area contributed by atoms with Crippen molar-refractivity contribution in [2.45, 2.75) is 77.4 Å². The molecule has 1 aliphatic rings. The summed E-state index contributed by atoms with van der Waals surface area (Å²) in [5.74, 6) is -1.34. The van der Waals surface area contributed by atoms with Crippen molar-refractivity contribution < 1.29 is 27.5 Å². The number of ether oxygens (including phenoxy) is 1. The van der Waals surface area contributed by atoms with Crippen LogP contribution < -0.4 is 10.6 Å². The van der Waals surface area contributed by atoms with Gasteiger partial charge in [0.2, 0.25) is 5.91 Å². The second-order valence-corrected chi connectivity index (χ2v) is 10.6. The third-order valence-electron chi connectivity index (χ3n) is 4.42. The minimum absolute atomic E-state index is 0.0950. The first-order valence-electron chi connectivity index (χ1n) is 9.85. The molecule has 0 aromatic carbocycles. The lowest BCUT2D eigenvalue weighted by atomic mass is 10.0. The number of hydrogen-bond donors (Lipinski definition) is 2. The summed E-state index contributed by atoms with van der Waals surface area (Å²) in [7, 11) is -3.46. The Balaban J connectivity index is 2.49. The summed E-state index contributed by atoms with van der Waals surface area (Å²) in [5, 5.41) is 5.38. The molecule has 0 radical (unpaired) electrons. The smallest absolute Gasteiger partial charge is 0.407 e. The third-order valence-corrected chi connectivity index (χ3v) is 5.23. The average molecular weight is 419 g/mol. The van der Waals surface area contributed by atoms with Crippen molar-refractivity contribution in [2.24, 2.45) is 5.92 Å². The zero-order chi connectivity index (χ0) is 21.4. The lowest BCUT2D eigenvalue weighted by Gasteiger charge is -2.20. The highest BCUT2D eigenvalue weighted by Crippen LogP contribution is 2.25. The Labute approximate surface area is 168 Å². The summed E-state index contributed by atoms with van der Waals surface area (Å²) in [6, 6.07) is -0.815. The maximum Gasteiger partial charge on any atom is 0.407 e. The molecule has 0 heterocycles. The van der Waals surface area contributed by atoms with Crippen LogP contribution in [0.3, 0.4) is 0 Å². The van der Waals surface area contributed by atoms with E-state index in [4.69, 9.17) is 4.74 Å². The van der Waals surface area contributed by atoms with E-state index >= 15 is 0 Å². The van der Waals surface area contributed by atoms with Crippen LogP contribution in [0.2, 0.25) is 0 Å². The van der Waals surface area contributed by atoms with Gasteiger partial charge in [-0.05, 0) is 52.9 Å². The Morgan fingerprint density at radius 1 is 1.11 bits per heavy atom. The molecule has 0 spiro atoms. The molecule has 2 amide bonds. The maximum absolute atomic E-state index is 12.4. The second kappa shape index (κ2) is 10.8. The molecular weight excluding hydrogens is 384 g/mol. The fraction of sp³-hybridized carbons (Fsp3) is 0.842. The number of ketones is 1. The molecule has 28 heavy (non-hydrogen) atoms. The van der Waals surface area contributed by atoms with Gasteiger partial charge in [0.25, 0.3) is 0 Å². The Hall–Kier alpha value is -1.64. The number of unbranched alkanes of at least 4 members (excludes halogenated alkanes) is 1. The topological polar surface area (TPSA) is 119 Å². The summed E-state index contributed by atoms with van der Waals surface area (Å²) in [6.45, 7) is 5.70. The third kappa shape index (κ3) is 10.6.